The van der Waals surface area contributed by atoms with Crippen LogP contribution in [0.4, 0.5) is 0 Å². The van der Waals surface area contributed by atoms with Gasteiger partial charge in [-0.25, -0.2) is 0 Å². The van der Waals surface area contributed by atoms with E-state index in [2.05, 4.69) is 32.2 Å². The third-order valence-corrected chi connectivity index (χ3v) is 4.47. The Morgan fingerprint density at radius 3 is 2.62 bits per heavy atom. The molecule has 0 bridgehead atoms. The lowest BCUT2D eigenvalue weighted by Crippen LogP contribution is -2.37. The van der Waals surface area contributed by atoms with Crippen LogP contribution in [-0.2, 0) is 10.2 Å². The van der Waals surface area contributed by atoms with Crippen LogP contribution < -0.4 is 14.8 Å². The maximum atomic E-state index is 12.0. The first kappa shape index (κ1) is 14.2. The molecule has 1 heterocycles. The molecule has 1 aromatic carbocycles. The van der Waals surface area contributed by atoms with Crippen molar-refractivity contribution in [3.05, 3.63) is 23.8 Å². The number of nitrogens with one attached hydrogen (secondary N) is 1. The molecule has 2 aliphatic rings. The molecule has 3 rings (SSSR count). The highest BCUT2D eigenvalue weighted by Gasteiger charge is 2.39. The minimum absolute atomic E-state index is 0.135. The van der Waals surface area contributed by atoms with E-state index in [1.165, 1.54) is 0 Å². The summed E-state index contributed by atoms with van der Waals surface area (Å²) in [6.07, 6.45) is 1.02. The van der Waals surface area contributed by atoms with Crippen molar-refractivity contribution in [1.82, 2.24) is 5.32 Å². The quantitative estimate of drug-likeness (QED) is 0.926. The summed E-state index contributed by atoms with van der Waals surface area (Å²) in [5.74, 6) is 2.56. The molecule has 1 saturated carbocycles. The Balaban J connectivity index is 1.67. The molecule has 1 aromatic rings. The Bertz CT molecular complexity index is 553. The van der Waals surface area contributed by atoms with Crippen LogP contribution in [0.1, 0.15) is 32.8 Å². The average molecular weight is 289 g/mol. The molecule has 2 atom stereocenters. The van der Waals surface area contributed by atoms with Crippen molar-refractivity contribution in [2.45, 2.75) is 32.6 Å². The van der Waals surface area contributed by atoms with Gasteiger partial charge in [0.05, 0.1) is 0 Å². The van der Waals surface area contributed by atoms with Gasteiger partial charge in [0.15, 0.2) is 11.5 Å². The third-order valence-electron chi connectivity index (χ3n) is 4.47. The van der Waals surface area contributed by atoms with Crippen LogP contribution in [-0.4, -0.2) is 25.7 Å². The van der Waals surface area contributed by atoms with Crippen molar-refractivity contribution in [2.75, 3.05) is 19.8 Å². The molecular weight excluding hydrogens is 266 g/mol. The summed E-state index contributed by atoms with van der Waals surface area (Å²) in [5, 5.41) is 3.08. The summed E-state index contributed by atoms with van der Waals surface area (Å²) in [5.41, 5.74) is 1.01. The normalized spacial score (nSPS) is 23.6. The van der Waals surface area contributed by atoms with Gasteiger partial charge in [-0.05, 0) is 30.0 Å². The summed E-state index contributed by atoms with van der Waals surface area (Å²) in [4.78, 5) is 12.0. The summed E-state index contributed by atoms with van der Waals surface area (Å²) in [6, 6.07) is 6.04. The molecule has 4 nitrogen and oxygen atoms in total. The van der Waals surface area contributed by atoms with Gasteiger partial charge in [0.25, 0.3) is 0 Å². The Kier molecular flexibility index (Phi) is 3.56. The van der Waals surface area contributed by atoms with E-state index in [9.17, 15) is 4.79 Å². The van der Waals surface area contributed by atoms with Crippen LogP contribution in [0.5, 0.6) is 11.5 Å². The number of carbonyl (C=O) groups excluding carboxylic acids is 1. The second-order valence-corrected chi connectivity index (χ2v) is 6.78. The Morgan fingerprint density at radius 2 is 1.95 bits per heavy atom. The van der Waals surface area contributed by atoms with Crippen LogP contribution in [0.2, 0.25) is 0 Å². The van der Waals surface area contributed by atoms with Gasteiger partial charge in [-0.1, -0.05) is 26.8 Å². The van der Waals surface area contributed by atoms with Crippen molar-refractivity contribution in [1.29, 1.82) is 0 Å². The minimum Gasteiger partial charge on any atom is -0.486 e. The molecule has 0 radical (unpaired) electrons. The Hall–Kier alpha value is -1.71. The maximum absolute atomic E-state index is 12.0. The first-order valence-corrected chi connectivity index (χ1v) is 7.65. The lowest BCUT2D eigenvalue weighted by Gasteiger charge is -2.28. The SMILES string of the molecule is C[C@@H]1C[C@@H]1C(=O)NCC(C)(C)c1ccc2c(c1)OCCO2. The zero-order valence-electron chi connectivity index (χ0n) is 12.9. The monoisotopic (exact) mass is 289 g/mol. The number of benzene rings is 1. The van der Waals surface area contributed by atoms with E-state index < -0.39 is 0 Å². The summed E-state index contributed by atoms with van der Waals surface area (Å²) in [6.45, 7) is 8.22. The van der Waals surface area contributed by atoms with Crippen LogP contribution in [0.25, 0.3) is 0 Å². The van der Waals surface area contributed by atoms with Gasteiger partial charge in [-0.3, -0.25) is 4.79 Å². The molecule has 1 aliphatic heterocycles. The molecule has 0 saturated heterocycles. The van der Waals surface area contributed by atoms with Crippen molar-refractivity contribution >= 4 is 5.91 Å². The molecule has 21 heavy (non-hydrogen) atoms. The summed E-state index contributed by atoms with van der Waals surface area (Å²) < 4.78 is 11.2. The number of amides is 1. The topological polar surface area (TPSA) is 47.6 Å². The maximum Gasteiger partial charge on any atom is 0.223 e. The first-order valence-electron chi connectivity index (χ1n) is 7.65. The number of hydrogen-bond donors (Lipinski definition) is 1. The van der Waals surface area contributed by atoms with Crippen LogP contribution in [0.15, 0.2) is 18.2 Å². The highest BCUT2D eigenvalue weighted by molar-refractivity contribution is 5.81. The van der Waals surface area contributed by atoms with Gasteiger partial charge < -0.3 is 14.8 Å². The fourth-order valence-corrected chi connectivity index (χ4v) is 2.69. The lowest BCUT2D eigenvalue weighted by atomic mass is 9.84. The van der Waals surface area contributed by atoms with Crippen LogP contribution in [0, 0.1) is 11.8 Å². The standard InChI is InChI=1S/C17H23NO3/c1-11-8-13(11)16(19)18-10-17(2,3)12-4-5-14-15(9-12)21-7-6-20-14/h4-5,9,11,13H,6-8,10H2,1-3H3,(H,18,19)/t11-,13+/m1/s1. The highest BCUT2D eigenvalue weighted by atomic mass is 16.6. The first-order chi connectivity index (χ1) is 9.97. The van der Waals surface area contributed by atoms with Crippen LogP contribution in [0.3, 0.4) is 0 Å². The van der Waals surface area contributed by atoms with Crippen LogP contribution >= 0.6 is 0 Å². The molecule has 1 N–H and O–H groups in total. The van der Waals surface area contributed by atoms with Crippen molar-refractivity contribution in [2.24, 2.45) is 11.8 Å². The molecule has 1 amide bonds. The smallest absolute Gasteiger partial charge is 0.223 e. The minimum atomic E-state index is -0.135. The van der Waals surface area contributed by atoms with Gasteiger partial charge in [-0.2, -0.15) is 0 Å². The van der Waals surface area contributed by atoms with Gasteiger partial charge in [0, 0.05) is 17.9 Å². The Morgan fingerprint density at radius 1 is 1.29 bits per heavy atom. The number of carbonyl (C=O) groups is 1. The molecule has 4 heteroatoms. The van der Waals surface area contributed by atoms with Gasteiger partial charge in [-0.15, -0.1) is 0 Å². The van der Waals surface area contributed by atoms with Gasteiger partial charge >= 0.3 is 0 Å². The van der Waals surface area contributed by atoms with E-state index in [1.54, 1.807) is 0 Å². The number of rotatable bonds is 4. The number of hydrogen-bond acceptors (Lipinski definition) is 3. The van der Waals surface area contributed by atoms with E-state index in [-0.39, 0.29) is 17.2 Å². The summed E-state index contributed by atoms with van der Waals surface area (Å²) >= 11 is 0. The second kappa shape index (κ2) is 5.24. The average Bonchev–Trinajstić information content (AvgIpc) is 3.21. The van der Waals surface area contributed by atoms with E-state index in [4.69, 9.17) is 9.47 Å². The van der Waals surface area contributed by atoms with Crippen molar-refractivity contribution in [3.8, 4) is 11.5 Å². The van der Waals surface area contributed by atoms with Crippen molar-refractivity contribution < 1.29 is 14.3 Å². The van der Waals surface area contributed by atoms with Gasteiger partial charge in [0.1, 0.15) is 13.2 Å². The fraction of sp³-hybridized carbons (Fsp3) is 0.588. The van der Waals surface area contributed by atoms with E-state index >= 15 is 0 Å². The second-order valence-electron chi connectivity index (χ2n) is 6.78. The zero-order chi connectivity index (χ0) is 15.0. The van der Waals surface area contributed by atoms with E-state index in [1.807, 2.05) is 12.1 Å². The molecule has 114 valence electrons. The van der Waals surface area contributed by atoms with E-state index in [0.29, 0.717) is 25.7 Å². The van der Waals surface area contributed by atoms with E-state index in [0.717, 1.165) is 23.5 Å². The third kappa shape index (κ3) is 2.99. The molecule has 0 spiro atoms. The summed E-state index contributed by atoms with van der Waals surface area (Å²) in [7, 11) is 0. The molecule has 1 aliphatic carbocycles. The Labute approximate surface area is 125 Å². The predicted octanol–water partition coefficient (Wildman–Crippen LogP) is 2.51. The predicted molar refractivity (Wildman–Crippen MR) is 80.7 cm³/mol. The zero-order valence-corrected chi connectivity index (χ0v) is 12.9. The molecular formula is C17H23NO3. The molecule has 1 fully saturated rings. The highest BCUT2D eigenvalue weighted by Crippen LogP contribution is 2.38. The van der Waals surface area contributed by atoms with Crippen molar-refractivity contribution in [3.63, 3.8) is 0 Å². The number of ether oxygens (including phenoxy) is 2. The molecule has 0 aromatic heterocycles. The lowest BCUT2D eigenvalue weighted by molar-refractivity contribution is -0.122. The van der Waals surface area contributed by atoms with Gasteiger partial charge in [0.2, 0.25) is 5.91 Å². The fourth-order valence-electron chi connectivity index (χ4n) is 2.69. The molecule has 0 unspecified atom stereocenters. The largest absolute Gasteiger partial charge is 0.486 e. The number of fused-ring (bicyclic) bond motifs is 1.